The van der Waals surface area contributed by atoms with Crippen molar-refractivity contribution in [2.75, 3.05) is 7.11 Å². The maximum atomic E-state index is 11.3. The Labute approximate surface area is 110 Å². The molecule has 1 aromatic rings. The van der Waals surface area contributed by atoms with Crippen LogP contribution in [0.5, 0.6) is 0 Å². The smallest absolute Gasteiger partial charge is 0.337 e. The highest BCUT2D eigenvalue weighted by molar-refractivity contribution is 5.94. The number of carbonyl (C=O) groups excluding carboxylic acids is 1. The molecule has 0 saturated carbocycles. The topological polar surface area (TPSA) is 129 Å². The maximum Gasteiger partial charge on any atom is 0.337 e. The zero-order valence-electron chi connectivity index (χ0n) is 9.66. The van der Waals surface area contributed by atoms with E-state index in [0.717, 1.165) is 0 Å². The van der Waals surface area contributed by atoms with Gasteiger partial charge in [0.25, 0.3) is 0 Å². The summed E-state index contributed by atoms with van der Waals surface area (Å²) in [4.78, 5) is 18.7. The van der Waals surface area contributed by atoms with Crippen LogP contribution in [-0.2, 0) is 4.74 Å². The molecular weight excluding hydrogens is 258 g/mol. The average molecular weight is 272 g/mol. The van der Waals surface area contributed by atoms with Gasteiger partial charge in [0.05, 0.1) is 18.4 Å². The van der Waals surface area contributed by atoms with Gasteiger partial charge in [0.15, 0.2) is 5.96 Å². The number of carbonyl (C=O) groups is 1. The van der Waals surface area contributed by atoms with Gasteiger partial charge in [-0.1, -0.05) is 6.07 Å². The Balaban J connectivity index is 0.00000289. The first-order chi connectivity index (χ1) is 8.02. The van der Waals surface area contributed by atoms with Crippen molar-refractivity contribution >= 4 is 36.0 Å². The van der Waals surface area contributed by atoms with Gasteiger partial charge in [-0.15, -0.1) is 12.4 Å². The summed E-state index contributed by atoms with van der Waals surface area (Å²) in [5, 5.41) is 0. The third-order valence-electron chi connectivity index (χ3n) is 1.75. The molecule has 0 bridgehead atoms. The molecule has 1 aromatic carbocycles. The number of benzene rings is 1. The predicted molar refractivity (Wildman–Crippen MR) is 72.1 cm³/mol. The normalized spacial score (nSPS) is 10.2. The van der Waals surface area contributed by atoms with Gasteiger partial charge in [0, 0.05) is 0 Å². The lowest BCUT2D eigenvalue weighted by Crippen LogP contribution is -2.26. The van der Waals surface area contributed by atoms with Gasteiger partial charge >= 0.3 is 5.97 Å². The number of hydrogen-bond acceptors (Lipinski definition) is 3. The molecule has 18 heavy (non-hydrogen) atoms. The second-order valence-electron chi connectivity index (χ2n) is 3.05. The lowest BCUT2D eigenvalue weighted by atomic mass is 10.2. The Kier molecular flexibility index (Phi) is 6.22. The summed E-state index contributed by atoms with van der Waals surface area (Å²) in [5.41, 5.74) is 16.6. The number of methoxy groups -OCH3 is 1. The Morgan fingerprint density at radius 1 is 1.28 bits per heavy atom. The predicted octanol–water partition coefficient (Wildman–Crippen LogP) is 0.115. The number of hydrogen-bond donors (Lipinski definition) is 3. The van der Waals surface area contributed by atoms with Gasteiger partial charge in [-0.3, -0.25) is 0 Å². The molecule has 6 N–H and O–H groups in total. The molecule has 0 radical (unpaired) electrons. The van der Waals surface area contributed by atoms with Gasteiger partial charge in [-0.2, -0.15) is 4.99 Å². The molecular formula is C10H14ClN5O2. The van der Waals surface area contributed by atoms with E-state index >= 15 is 0 Å². The fraction of sp³-hybridized carbons (Fsp3) is 0.100. The van der Waals surface area contributed by atoms with E-state index < -0.39 is 5.97 Å². The largest absolute Gasteiger partial charge is 0.465 e. The molecule has 0 heterocycles. The summed E-state index contributed by atoms with van der Waals surface area (Å²) in [5.74, 6) is -0.732. The third kappa shape index (κ3) is 4.71. The van der Waals surface area contributed by atoms with Crippen LogP contribution in [0.3, 0.4) is 0 Å². The molecule has 0 aliphatic heterocycles. The van der Waals surface area contributed by atoms with Crippen molar-refractivity contribution in [1.82, 2.24) is 0 Å². The monoisotopic (exact) mass is 271 g/mol. The van der Waals surface area contributed by atoms with Crippen LogP contribution in [-0.4, -0.2) is 25.0 Å². The molecule has 0 unspecified atom stereocenters. The number of ether oxygens (including phenoxy) is 1. The SMILES string of the molecule is COC(=O)c1cccc(N=C(N)N=C(N)N)c1.Cl. The number of nitrogens with two attached hydrogens (primary N) is 3. The fourth-order valence-corrected chi connectivity index (χ4v) is 1.11. The lowest BCUT2D eigenvalue weighted by molar-refractivity contribution is 0.0601. The Hall–Kier alpha value is -2.28. The molecule has 0 aromatic heterocycles. The van der Waals surface area contributed by atoms with Gasteiger partial charge in [-0.25, -0.2) is 9.79 Å². The van der Waals surface area contributed by atoms with Crippen LogP contribution in [0.25, 0.3) is 0 Å². The van der Waals surface area contributed by atoms with Crippen molar-refractivity contribution in [2.24, 2.45) is 27.2 Å². The Morgan fingerprint density at radius 3 is 2.50 bits per heavy atom. The molecule has 0 amide bonds. The first-order valence-corrected chi connectivity index (χ1v) is 4.65. The van der Waals surface area contributed by atoms with Crippen LogP contribution >= 0.6 is 12.4 Å². The van der Waals surface area contributed by atoms with Crippen LogP contribution in [0.2, 0.25) is 0 Å². The summed E-state index contributed by atoms with van der Waals surface area (Å²) in [6.45, 7) is 0. The van der Waals surface area contributed by atoms with Crippen molar-refractivity contribution < 1.29 is 9.53 Å². The van der Waals surface area contributed by atoms with Crippen LogP contribution in [0.1, 0.15) is 10.4 Å². The van der Waals surface area contributed by atoms with E-state index in [0.29, 0.717) is 11.3 Å². The molecule has 0 aliphatic rings. The average Bonchev–Trinajstić information content (AvgIpc) is 2.27. The minimum Gasteiger partial charge on any atom is -0.465 e. The highest BCUT2D eigenvalue weighted by Crippen LogP contribution is 2.14. The standard InChI is InChI=1S/C10H13N5O2.ClH/c1-17-8(16)6-3-2-4-7(5-6)14-10(13)15-9(11)12;/h2-5H,1H3,(H6,11,12,13,14,15);1H. The molecule has 1 rings (SSSR count). The first kappa shape index (κ1) is 15.7. The highest BCUT2D eigenvalue weighted by atomic mass is 35.5. The van der Waals surface area contributed by atoms with Gasteiger partial charge in [0.1, 0.15) is 0 Å². The zero-order chi connectivity index (χ0) is 12.8. The summed E-state index contributed by atoms with van der Waals surface area (Å²) < 4.78 is 4.57. The number of esters is 1. The van der Waals surface area contributed by atoms with E-state index in [1.54, 1.807) is 18.2 Å². The summed E-state index contributed by atoms with van der Waals surface area (Å²) in [6, 6.07) is 6.41. The van der Waals surface area contributed by atoms with E-state index in [-0.39, 0.29) is 24.3 Å². The highest BCUT2D eigenvalue weighted by Gasteiger charge is 2.05. The van der Waals surface area contributed by atoms with Crippen LogP contribution in [0, 0.1) is 0 Å². The van der Waals surface area contributed by atoms with Crippen molar-refractivity contribution in [3.63, 3.8) is 0 Å². The third-order valence-corrected chi connectivity index (χ3v) is 1.75. The minimum absolute atomic E-state index is 0. The molecule has 0 fully saturated rings. The second-order valence-corrected chi connectivity index (χ2v) is 3.05. The summed E-state index contributed by atoms with van der Waals surface area (Å²) in [6.07, 6.45) is 0. The summed E-state index contributed by atoms with van der Waals surface area (Å²) >= 11 is 0. The molecule has 0 spiro atoms. The minimum atomic E-state index is -0.456. The number of halogens is 1. The van der Waals surface area contributed by atoms with Crippen LogP contribution in [0.15, 0.2) is 34.3 Å². The van der Waals surface area contributed by atoms with Crippen LogP contribution < -0.4 is 17.2 Å². The second kappa shape index (κ2) is 7.13. The van der Waals surface area contributed by atoms with E-state index in [1.807, 2.05) is 0 Å². The van der Waals surface area contributed by atoms with Crippen molar-refractivity contribution in [3.05, 3.63) is 29.8 Å². The van der Waals surface area contributed by atoms with E-state index in [2.05, 4.69) is 14.7 Å². The van der Waals surface area contributed by atoms with E-state index in [4.69, 9.17) is 17.2 Å². The number of rotatable bonds is 2. The fourth-order valence-electron chi connectivity index (χ4n) is 1.11. The quantitative estimate of drug-likeness (QED) is 0.399. The van der Waals surface area contributed by atoms with Crippen molar-refractivity contribution in [2.45, 2.75) is 0 Å². The molecule has 0 saturated heterocycles. The van der Waals surface area contributed by atoms with Crippen molar-refractivity contribution in [3.8, 4) is 0 Å². The van der Waals surface area contributed by atoms with Crippen molar-refractivity contribution in [1.29, 1.82) is 0 Å². The first-order valence-electron chi connectivity index (χ1n) is 4.65. The molecule has 0 atom stereocenters. The van der Waals surface area contributed by atoms with Gasteiger partial charge < -0.3 is 21.9 Å². The van der Waals surface area contributed by atoms with E-state index in [9.17, 15) is 4.79 Å². The van der Waals surface area contributed by atoms with Gasteiger partial charge in [-0.05, 0) is 18.2 Å². The zero-order valence-corrected chi connectivity index (χ0v) is 10.5. The van der Waals surface area contributed by atoms with Crippen LogP contribution in [0.4, 0.5) is 5.69 Å². The summed E-state index contributed by atoms with van der Waals surface area (Å²) in [7, 11) is 1.30. The number of guanidine groups is 2. The molecule has 8 heteroatoms. The Morgan fingerprint density at radius 2 is 1.94 bits per heavy atom. The maximum absolute atomic E-state index is 11.3. The molecule has 0 aliphatic carbocycles. The molecule has 7 nitrogen and oxygen atoms in total. The van der Waals surface area contributed by atoms with E-state index in [1.165, 1.54) is 13.2 Å². The Bertz CT molecular complexity index is 483. The lowest BCUT2D eigenvalue weighted by Gasteiger charge is -2.00. The number of aliphatic imine (C=N–C) groups is 2. The molecule has 98 valence electrons. The number of nitrogens with zero attached hydrogens (tertiary/aromatic N) is 2. The van der Waals surface area contributed by atoms with Gasteiger partial charge in [0.2, 0.25) is 5.96 Å².